The monoisotopic (exact) mass is 513 g/mol. The highest BCUT2D eigenvalue weighted by atomic mass is 127. The standard InChI is InChI=1S/C22H35N5O.HI/c1-3-23-21(25-17-22(13-16-28-2)11-6-7-12-22)24-14-8-15-27-18-26-19-9-4-5-10-20(19)27;/h4-5,9-10,18H,3,6-8,11-17H2,1-2H3,(H2,23,24,25);1H. The van der Waals surface area contributed by atoms with Crippen molar-refractivity contribution in [2.75, 3.05) is 33.4 Å². The van der Waals surface area contributed by atoms with E-state index in [1.54, 1.807) is 7.11 Å². The minimum absolute atomic E-state index is 0. The summed E-state index contributed by atoms with van der Waals surface area (Å²) in [4.78, 5) is 9.39. The molecule has 0 aliphatic heterocycles. The van der Waals surface area contributed by atoms with E-state index in [2.05, 4.69) is 45.3 Å². The summed E-state index contributed by atoms with van der Waals surface area (Å²) in [6.45, 7) is 6.55. The van der Waals surface area contributed by atoms with E-state index in [1.807, 2.05) is 12.4 Å². The molecule has 6 nitrogen and oxygen atoms in total. The third kappa shape index (κ3) is 6.84. The van der Waals surface area contributed by atoms with Crippen LogP contribution >= 0.6 is 24.0 Å². The Bertz CT molecular complexity index is 754. The lowest BCUT2D eigenvalue weighted by molar-refractivity contribution is 0.141. The molecule has 162 valence electrons. The quantitative estimate of drug-likeness (QED) is 0.217. The first-order valence-electron chi connectivity index (χ1n) is 10.7. The van der Waals surface area contributed by atoms with Crippen molar-refractivity contribution in [2.24, 2.45) is 10.4 Å². The molecule has 2 aromatic rings. The van der Waals surface area contributed by atoms with Crippen molar-refractivity contribution in [1.82, 2.24) is 20.2 Å². The van der Waals surface area contributed by atoms with Crippen molar-refractivity contribution in [3.8, 4) is 0 Å². The summed E-state index contributed by atoms with van der Waals surface area (Å²) in [7, 11) is 1.79. The Labute approximate surface area is 191 Å². The van der Waals surface area contributed by atoms with Gasteiger partial charge < -0.3 is 19.9 Å². The number of hydrogen-bond acceptors (Lipinski definition) is 3. The summed E-state index contributed by atoms with van der Waals surface area (Å²) in [6, 6.07) is 8.28. The molecule has 29 heavy (non-hydrogen) atoms. The smallest absolute Gasteiger partial charge is 0.191 e. The Kier molecular flexibility index (Phi) is 10.2. The zero-order valence-electron chi connectivity index (χ0n) is 17.8. The number of fused-ring (bicyclic) bond motifs is 1. The largest absolute Gasteiger partial charge is 0.385 e. The second-order valence-corrected chi connectivity index (χ2v) is 7.85. The molecule has 1 aromatic heterocycles. The van der Waals surface area contributed by atoms with Crippen LogP contribution < -0.4 is 10.6 Å². The Morgan fingerprint density at radius 1 is 1.24 bits per heavy atom. The van der Waals surface area contributed by atoms with Gasteiger partial charge in [0.05, 0.1) is 17.4 Å². The zero-order valence-corrected chi connectivity index (χ0v) is 20.2. The summed E-state index contributed by atoms with van der Waals surface area (Å²) < 4.78 is 7.56. The Balaban J connectivity index is 0.00000300. The van der Waals surface area contributed by atoms with E-state index in [1.165, 1.54) is 31.2 Å². The number of aliphatic imine (C=N–C) groups is 1. The molecule has 1 aromatic carbocycles. The highest BCUT2D eigenvalue weighted by Crippen LogP contribution is 2.41. The molecule has 1 fully saturated rings. The normalized spacial score (nSPS) is 16.0. The number of nitrogens with one attached hydrogen (secondary N) is 2. The minimum atomic E-state index is 0. The van der Waals surface area contributed by atoms with Gasteiger partial charge in [-0.2, -0.15) is 0 Å². The minimum Gasteiger partial charge on any atom is -0.385 e. The van der Waals surface area contributed by atoms with Gasteiger partial charge in [-0.05, 0) is 50.2 Å². The van der Waals surface area contributed by atoms with Crippen LogP contribution in [0, 0.1) is 5.41 Å². The second-order valence-electron chi connectivity index (χ2n) is 7.85. The molecule has 2 N–H and O–H groups in total. The van der Waals surface area contributed by atoms with Gasteiger partial charge in [0.25, 0.3) is 0 Å². The molecule has 3 rings (SSSR count). The van der Waals surface area contributed by atoms with Gasteiger partial charge in [-0.3, -0.25) is 4.99 Å². The maximum atomic E-state index is 5.34. The Hall–Kier alpha value is -1.35. The van der Waals surface area contributed by atoms with Gasteiger partial charge in [-0.1, -0.05) is 25.0 Å². The number of rotatable bonds is 10. The van der Waals surface area contributed by atoms with Gasteiger partial charge >= 0.3 is 0 Å². The zero-order chi connectivity index (χ0) is 19.7. The summed E-state index contributed by atoms with van der Waals surface area (Å²) in [5.41, 5.74) is 2.58. The van der Waals surface area contributed by atoms with E-state index < -0.39 is 0 Å². The fraction of sp³-hybridized carbons (Fsp3) is 0.636. The van der Waals surface area contributed by atoms with Crippen molar-refractivity contribution in [1.29, 1.82) is 0 Å². The van der Waals surface area contributed by atoms with Crippen LogP contribution in [0.15, 0.2) is 35.6 Å². The molecule has 0 bridgehead atoms. The summed E-state index contributed by atoms with van der Waals surface area (Å²) >= 11 is 0. The maximum Gasteiger partial charge on any atom is 0.191 e. The van der Waals surface area contributed by atoms with E-state index in [4.69, 9.17) is 9.73 Å². The number of nitrogens with zero attached hydrogens (tertiary/aromatic N) is 3. The lowest BCUT2D eigenvalue weighted by atomic mass is 9.83. The van der Waals surface area contributed by atoms with Crippen LogP contribution in [0.2, 0.25) is 0 Å². The van der Waals surface area contributed by atoms with Crippen LogP contribution in [0.5, 0.6) is 0 Å². The topological polar surface area (TPSA) is 63.5 Å². The average Bonchev–Trinajstić information content (AvgIpc) is 3.35. The number of guanidine groups is 1. The van der Waals surface area contributed by atoms with E-state index in [9.17, 15) is 0 Å². The van der Waals surface area contributed by atoms with E-state index in [-0.39, 0.29) is 24.0 Å². The van der Waals surface area contributed by atoms with Crippen molar-refractivity contribution in [2.45, 2.75) is 52.0 Å². The number of aromatic nitrogens is 2. The summed E-state index contributed by atoms with van der Waals surface area (Å²) in [5.74, 6) is 0.932. The lowest BCUT2D eigenvalue weighted by Crippen LogP contribution is -2.39. The summed E-state index contributed by atoms with van der Waals surface area (Å²) in [6.07, 6.45) is 9.26. The van der Waals surface area contributed by atoms with Gasteiger partial charge in [-0.25, -0.2) is 4.98 Å². The van der Waals surface area contributed by atoms with Crippen LogP contribution in [-0.2, 0) is 11.3 Å². The van der Waals surface area contributed by atoms with Crippen LogP contribution in [0.25, 0.3) is 11.0 Å². The molecule has 0 amide bonds. The van der Waals surface area contributed by atoms with Gasteiger partial charge in [-0.15, -0.1) is 24.0 Å². The van der Waals surface area contributed by atoms with Crippen molar-refractivity contribution >= 4 is 41.0 Å². The molecule has 0 spiro atoms. The third-order valence-electron chi connectivity index (χ3n) is 5.81. The van der Waals surface area contributed by atoms with Gasteiger partial charge in [0, 0.05) is 39.9 Å². The van der Waals surface area contributed by atoms with Crippen LogP contribution in [-0.4, -0.2) is 48.9 Å². The molecular weight excluding hydrogens is 477 g/mol. The highest BCUT2D eigenvalue weighted by Gasteiger charge is 2.33. The number of aryl methyl sites for hydroxylation is 1. The molecule has 1 heterocycles. The second kappa shape index (κ2) is 12.4. The molecule has 1 saturated carbocycles. The molecule has 0 saturated heterocycles. The first-order chi connectivity index (χ1) is 13.8. The average molecular weight is 513 g/mol. The number of hydrogen-bond donors (Lipinski definition) is 2. The molecule has 0 atom stereocenters. The van der Waals surface area contributed by atoms with Crippen molar-refractivity contribution < 1.29 is 4.74 Å². The van der Waals surface area contributed by atoms with E-state index >= 15 is 0 Å². The molecule has 1 aliphatic rings. The lowest BCUT2D eigenvalue weighted by Gasteiger charge is -2.27. The first kappa shape index (κ1) is 23.9. The molecule has 7 heteroatoms. The van der Waals surface area contributed by atoms with Gasteiger partial charge in [0.1, 0.15) is 0 Å². The third-order valence-corrected chi connectivity index (χ3v) is 5.81. The van der Waals surface area contributed by atoms with Crippen LogP contribution in [0.1, 0.15) is 45.4 Å². The first-order valence-corrected chi connectivity index (χ1v) is 10.7. The predicted octanol–water partition coefficient (Wildman–Crippen LogP) is 4.20. The number of ether oxygens (including phenoxy) is 1. The van der Waals surface area contributed by atoms with Gasteiger partial charge in [0.15, 0.2) is 5.96 Å². The van der Waals surface area contributed by atoms with E-state index in [0.717, 1.165) is 57.1 Å². The number of halogens is 1. The molecular formula is C22H36IN5O. The molecule has 1 aliphatic carbocycles. The number of methoxy groups -OCH3 is 1. The van der Waals surface area contributed by atoms with Crippen LogP contribution in [0.3, 0.4) is 0 Å². The van der Waals surface area contributed by atoms with E-state index in [0.29, 0.717) is 5.41 Å². The fourth-order valence-electron chi connectivity index (χ4n) is 4.16. The number of para-hydroxylation sites is 2. The Morgan fingerprint density at radius 2 is 2.03 bits per heavy atom. The Morgan fingerprint density at radius 3 is 2.79 bits per heavy atom. The predicted molar refractivity (Wildman–Crippen MR) is 131 cm³/mol. The number of imidazole rings is 1. The maximum absolute atomic E-state index is 5.34. The van der Waals surface area contributed by atoms with Crippen molar-refractivity contribution in [3.63, 3.8) is 0 Å². The summed E-state index contributed by atoms with van der Waals surface area (Å²) in [5, 5.41) is 6.89. The fourth-order valence-corrected chi connectivity index (χ4v) is 4.16. The number of benzene rings is 1. The molecule has 0 radical (unpaired) electrons. The van der Waals surface area contributed by atoms with Crippen LogP contribution in [0.4, 0.5) is 0 Å². The SMILES string of the molecule is CCNC(=NCC1(CCOC)CCCC1)NCCCn1cnc2ccccc21.I. The highest BCUT2D eigenvalue weighted by molar-refractivity contribution is 14.0. The molecule has 0 unspecified atom stereocenters. The van der Waals surface area contributed by atoms with Crippen molar-refractivity contribution in [3.05, 3.63) is 30.6 Å². The van der Waals surface area contributed by atoms with Gasteiger partial charge in [0.2, 0.25) is 0 Å².